The number of nitrogens with zero attached hydrogens (tertiary/aromatic N) is 1. The minimum absolute atomic E-state index is 0.208. The van der Waals surface area contributed by atoms with Crippen LogP contribution in [0.25, 0.3) is 17.2 Å². The summed E-state index contributed by atoms with van der Waals surface area (Å²) in [6, 6.07) is 9.04. The van der Waals surface area contributed by atoms with Crippen LogP contribution >= 0.6 is 0 Å². The van der Waals surface area contributed by atoms with E-state index < -0.39 is 32.2 Å². The lowest BCUT2D eigenvalue weighted by molar-refractivity contribution is 0.415. The largest absolute Gasteiger partial charge is 0.497 e. The highest BCUT2D eigenvalue weighted by Crippen LogP contribution is 2.36. The highest BCUT2D eigenvalue weighted by atomic mass is 32.2. The molecule has 2 aromatic carbocycles. The quantitative estimate of drug-likeness (QED) is 0.362. The van der Waals surface area contributed by atoms with Crippen LogP contribution in [0.1, 0.15) is 11.3 Å². The summed E-state index contributed by atoms with van der Waals surface area (Å²) in [5.74, 6) is -2.65. The normalized spacial score (nSPS) is 11.6. The average Bonchev–Trinajstić information content (AvgIpc) is 2.74. The van der Waals surface area contributed by atoms with Crippen molar-refractivity contribution >= 4 is 15.9 Å². The molecule has 0 spiro atoms. The average molecular weight is 445 g/mol. The lowest BCUT2D eigenvalue weighted by atomic mass is 9.99. The SMILES string of the molecule is C=C(F)/C=C\c1ncc(S(=O)(=O)c2ccc(F)c(F)c2)c(-c2cccc(OC)c2)c1C. The first-order valence-corrected chi connectivity index (χ1v) is 10.5. The molecule has 0 amide bonds. The van der Waals surface area contributed by atoms with Gasteiger partial charge < -0.3 is 4.74 Å². The Morgan fingerprint density at radius 1 is 1.13 bits per heavy atom. The number of benzene rings is 2. The number of allylic oxidation sites excluding steroid dienone is 2. The zero-order valence-electron chi connectivity index (χ0n) is 16.7. The molecule has 4 nitrogen and oxygen atoms in total. The Balaban J connectivity index is 2.32. The summed E-state index contributed by atoms with van der Waals surface area (Å²) in [5.41, 5.74) is 1.53. The number of methoxy groups -OCH3 is 1. The van der Waals surface area contributed by atoms with Crippen molar-refractivity contribution in [3.8, 4) is 16.9 Å². The van der Waals surface area contributed by atoms with Gasteiger partial charge in [0.15, 0.2) is 11.6 Å². The molecule has 0 aliphatic carbocycles. The number of rotatable bonds is 6. The van der Waals surface area contributed by atoms with Gasteiger partial charge in [-0.05, 0) is 60.5 Å². The second-order valence-corrected chi connectivity index (χ2v) is 8.52. The second-order valence-electron chi connectivity index (χ2n) is 6.60. The van der Waals surface area contributed by atoms with Crippen molar-refractivity contribution in [1.29, 1.82) is 0 Å². The fourth-order valence-electron chi connectivity index (χ4n) is 3.05. The first kappa shape index (κ1) is 22.3. The van der Waals surface area contributed by atoms with Gasteiger partial charge in [0.05, 0.1) is 22.6 Å². The molecule has 31 heavy (non-hydrogen) atoms. The summed E-state index contributed by atoms with van der Waals surface area (Å²) in [7, 11) is -2.80. The van der Waals surface area contributed by atoms with Gasteiger partial charge in [-0.15, -0.1) is 0 Å². The summed E-state index contributed by atoms with van der Waals surface area (Å²) in [6.45, 7) is 4.79. The highest BCUT2D eigenvalue weighted by molar-refractivity contribution is 7.91. The van der Waals surface area contributed by atoms with E-state index in [1.54, 1.807) is 31.2 Å². The third-order valence-electron chi connectivity index (χ3n) is 4.60. The molecule has 0 atom stereocenters. The molecule has 1 heterocycles. The van der Waals surface area contributed by atoms with Crippen LogP contribution in [0.4, 0.5) is 13.2 Å². The fraction of sp³-hybridized carbons (Fsp3) is 0.0870. The maximum absolute atomic E-state index is 13.7. The van der Waals surface area contributed by atoms with Gasteiger partial charge in [-0.1, -0.05) is 18.7 Å². The molecule has 0 radical (unpaired) electrons. The number of halogens is 3. The summed E-state index contributed by atoms with van der Waals surface area (Å²) in [4.78, 5) is 3.51. The van der Waals surface area contributed by atoms with Crippen LogP contribution in [0.3, 0.4) is 0 Å². The smallest absolute Gasteiger partial charge is 0.208 e. The van der Waals surface area contributed by atoms with Crippen LogP contribution in [-0.4, -0.2) is 20.5 Å². The van der Waals surface area contributed by atoms with Crippen molar-refractivity contribution in [2.24, 2.45) is 0 Å². The molecule has 160 valence electrons. The molecule has 0 aliphatic heterocycles. The van der Waals surface area contributed by atoms with Gasteiger partial charge in [0, 0.05) is 11.8 Å². The van der Waals surface area contributed by atoms with E-state index in [0.717, 1.165) is 24.4 Å². The summed E-state index contributed by atoms with van der Waals surface area (Å²) in [5, 5.41) is 0. The highest BCUT2D eigenvalue weighted by Gasteiger charge is 2.26. The number of ether oxygens (including phenoxy) is 1. The van der Waals surface area contributed by atoms with E-state index in [4.69, 9.17) is 4.74 Å². The van der Waals surface area contributed by atoms with Crippen LogP contribution in [0, 0.1) is 18.6 Å². The number of sulfone groups is 1. The summed E-state index contributed by atoms with van der Waals surface area (Å²) < 4.78 is 72.1. The molecule has 0 aliphatic rings. The van der Waals surface area contributed by atoms with Gasteiger partial charge in [-0.25, -0.2) is 21.6 Å². The summed E-state index contributed by atoms with van der Waals surface area (Å²) in [6.07, 6.45) is 3.59. The van der Waals surface area contributed by atoms with Gasteiger partial charge in [-0.3, -0.25) is 4.98 Å². The van der Waals surface area contributed by atoms with E-state index in [1.165, 1.54) is 13.2 Å². The zero-order valence-corrected chi connectivity index (χ0v) is 17.5. The minimum atomic E-state index is -4.27. The molecule has 0 fully saturated rings. The van der Waals surface area contributed by atoms with Gasteiger partial charge in [-0.2, -0.15) is 0 Å². The number of hydrogen-bond donors (Lipinski definition) is 0. The van der Waals surface area contributed by atoms with Gasteiger partial charge in [0.25, 0.3) is 0 Å². The Hall–Kier alpha value is -3.39. The predicted molar refractivity (Wildman–Crippen MR) is 112 cm³/mol. The molecule has 1 aromatic heterocycles. The molecule has 3 aromatic rings. The Bertz CT molecular complexity index is 1300. The van der Waals surface area contributed by atoms with Crippen molar-refractivity contribution in [2.75, 3.05) is 7.11 Å². The van der Waals surface area contributed by atoms with E-state index in [9.17, 15) is 21.6 Å². The zero-order chi connectivity index (χ0) is 22.8. The predicted octanol–water partition coefficient (Wildman–Crippen LogP) is 5.67. The van der Waals surface area contributed by atoms with Crippen molar-refractivity contribution in [3.05, 3.63) is 90.0 Å². The fourth-order valence-corrected chi connectivity index (χ4v) is 4.54. The molecular weight excluding hydrogens is 427 g/mol. The standard InChI is InChI=1S/C23H18F3NO3S/c1-14(24)7-10-21-15(2)23(16-5-4-6-17(11-16)30-3)22(13-27-21)31(28,29)18-8-9-19(25)20(26)12-18/h4-13H,1H2,2-3H3/b10-7-. The third-order valence-corrected chi connectivity index (χ3v) is 6.36. The van der Waals surface area contributed by atoms with E-state index in [-0.39, 0.29) is 10.5 Å². The van der Waals surface area contributed by atoms with Crippen LogP contribution in [0.2, 0.25) is 0 Å². The Kier molecular flexibility index (Phi) is 6.31. The van der Waals surface area contributed by atoms with Gasteiger partial charge in [0.2, 0.25) is 9.84 Å². The van der Waals surface area contributed by atoms with E-state index in [2.05, 4.69) is 11.6 Å². The Morgan fingerprint density at radius 2 is 1.87 bits per heavy atom. The van der Waals surface area contributed by atoms with Gasteiger partial charge >= 0.3 is 0 Å². The van der Waals surface area contributed by atoms with Crippen molar-refractivity contribution in [2.45, 2.75) is 16.7 Å². The molecule has 0 saturated heterocycles. The Labute approximate surface area is 178 Å². The first-order valence-electron chi connectivity index (χ1n) is 9.02. The third kappa shape index (κ3) is 4.54. The van der Waals surface area contributed by atoms with E-state index in [0.29, 0.717) is 28.6 Å². The minimum Gasteiger partial charge on any atom is -0.497 e. The van der Waals surface area contributed by atoms with E-state index >= 15 is 0 Å². The van der Waals surface area contributed by atoms with Crippen molar-refractivity contribution < 1.29 is 26.3 Å². The number of aromatic nitrogens is 1. The molecular formula is C23H18F3NO3S. The van der Waals surface area contributed by atoms with Crippen LogP contribution in [0.5, 0.6) is 5.75 Å². The first-order chi connectivity index (χ1) is 14.6. The lowest BCUT2D eigenvalue weighted by Gasteiger charge is -2.16. The topological polar surface area (TPSA) is 56.3 Å². The molecule has 0 N–H and O–H groups in total. The maximum atomic E-state index is 13.7. The van der Waals surface area contributed by atoms with Crippen LogP contribution in [-0.2, 0) is 9.84 Å². The van der Waals surface area contributed by atoms with Crippen LogP contribution < -0.4 is 4.74 Å². The molecule has 3 rings (SSSR count). The maximum Gasteiger partial charge on any atom is 0.208 e. The molecule has 0 unspecified atom stereocenters. The molecule has 0 saturated carbocycles. The molecule has 0 bridgehead atoms. The second kappa shape index (κ2) is 8.77. The number of hydrogen-bond acceptors (Lipinski definition) is 4. The van der Waals surface area contributed by atoms with E-state index in [1.807, 2.05) is 0 Å². The van der Waals surface area contributed by atoms with Crippen molar-refractivity contribution in [1.82, 2.24) is 4.98 Å². The van der Waals surface area contributed by atoms with Gasteiger partial charge in [0.1, 0.15) is 11.6 Å². The molecule has 8 heteroatoms. The van der Waals surface area contributed by atoms with Crippen LogP contribution in [0.15, 0.2) is 76.9 Å². The lowest BCUT2D eigenvalue weighted by Crippen LogP contribution is -2.08. The Morgan fingerprint density at radius 3 is 2.52 bits per heavy atom. The van der Waals surface area contributed by atoms with Crippen molar-refractivity contribution in [3.63, 3.8) is 0 Å². The summed E-state index contributed by atoms with van der Waals surface area (Å²) >= 11 is 0. The number of pyridine rings is 1. The monoisotopic (exact) mass is 445 g/mol.